The Labute approximate surface area is 112 Å². The number of benzene rings is 1. The average molecular weight is 288 g/mol. The minimum absolute atomic E-state index is 0.0201. The van der Waals surface area contributed by atoms with E-state index in [1.807, 2.05) is 0 Å². The fourth-order valence-electron chi connectivity index (χ4n) is 1.55. The van der Waals surface area contributed by atoms with Gasteiger partial charge in [-0.15, -0.1) is 0 Å². The van der Waals surface area contributed by atoms with Crippen LogP contribution in [0.25, 0.3) is 0 Å². The van der Waals surface area contributed by atoms with Crippen LogP contribution in [0.3, 0.4) is 0 Å². The van der Waals surface area contributed by atoms with Gasteiger partial charge in [0.05, 0.1) is 16.3 Å². The summed E-state index contributed by atoms with van der Waals surface area (Å²) in [5.74, 6) is 0. The summed E-state index contributed by atoms with van der Waals surface area (Å²) < 4.78 is 38.5. The van der Waals surface area contributed by atoms with Gasteiger partial charge in [0.15, 0.2) is 0 Å². The maximum absolute atomic E-state index is 12.8. The van der Waals surface area contributed by atoms with E-state index in [2.05, 4.69) is 15.3 Å². The van der Waals surface area contributed by atoms with Gasteiger partial charge in [-0.05, 0) is 12.1 Å². The number of halogens is 4. The van der Waals surface area contributed by atoms with Crippen LogP contribution >= 0.6 is 11.6 Å². The summed E-state index contributed by atoms with van der Waals surface area (Å²) >= 11 is 5.81. The molecule has 0 amide bonds. The third-order valence-corrected chi connectivity index (χ3v) is 2.72. The quantitative estimate of drug-likeness (QED) is 0.934. The lowest BCUT2D eigenvalue weighted by molar-refractivity contribution is -0.136. The first-order valence-electron chi connectivity index (χ1n) is 5.32. The highest BCUT2D eigenvalue weighted by molar-refractivity contribution is 6.33. The van der Waals surface area contributed by atoms with Gasteiger partial charge < -0.3 is 5.32 Å². The Morgan fingerprint density at radius 3 is 2.47 bits per heavy atom. The molecule has 0 bridgehead atoms. The summed E-state index contributed by atoms with van der Waals surface area (Å²) in [4.78, 5) is 7.57. The van der Waals surface area contributed by atoms with Gasteiger partial charge in [0, 0.05) is 24.5 Å². The number of anilines is 1. The lowest BCUT2D eigenvalue weighted by atomic mass is 10.1. The van der Waals surface area contributed by atoms with Crippen LogP contribution in [0.15, 0.2) is 36.9 Å². The van der Waals surface area contributed by atoms with Crippen LogP contribution in [0.5, 0.6) is 0 Å². The second kappa shape index (κ2) is 5.44. The molecule has 0 aliphatic rings. The van der Waals surface area contributed by atoms with Gasteiger partial charge in [0.1, 0.15) is 6.33 Å². The molecule has 1 heterocycles. The first kappa shape index (κ1) is 13.6. The summed E-state index contributed by atoms with van der Waals surface area (Å²) in [6, 6.07) is 3.65. The first-order valence-corrected chi connectivity index (χ1v) is 5.70. The smallest absolute Gasteiger partial charge is 0.379 e. The SMILES string of the molecule is FC(F)(F)c1cccc(Cl)c1NCc1cncnc1. The molecule has 1 N–H and O–H groups in total. The zero-order valence-electron chi connectivity index (χ0n) is 9.58. The number of rotatable bonds is 3. The van der Waals surface area contributed by atoms with Gasteiger partial charge in [-0.2, -0.15) is 13.2 Å². The number of nitrogens with zero attached hydrogens (tertiary/aromatic N) is 2. The third-order valence-electron chi connectivity index (χ3n) is 2.40. The van der Waals surface area contributed by atoms with Crippen molar-refractivity contribution >= 4 is 17.3 Å². The zero-order valence-corrected chi connectivity index (χ0v) is 10.3. The van der Waals surface area contributed by atoms with Crippen LogP contribution in [0.2, 0.25) is 5.02 Å². The van der Waals surface area contributed by atoms with Gasteiger partial charge in [-0.1, -0.05) is 17.7 Å². The van der Waals surface area contributed by atoms with Crippen molar-refractivity contribution in [1.82, 2.24) is 9.97 Å². The molecule has 0 atom stereocenters. The van der Waals surface area contributed by atoms with E-state index < -0.39 is 11.7 Å². The molecule has 0 spiro atoms. The van der Waals surface area contributed by atoms with E-state index >= 15 is 0 Å². The molecule has 7 heteroatoms. The molecular weight excluding hydrogens is 279 g/mol. The Balaban J connectivity index is 2.25. The van der Waals surface area contributed by atoms with E-state index in [9.17, 15) is 13.2 Å². The average Bonchev–Trinajstić information content (AvgIpc) is 2.37. The highest BCUT2D eigenvalue weighted by Crippen LogP contribution is 2.38. The number of alkyl halides is 3. The molecular formula is C12H9ClF3N3. The van der Waals surface area contributed by atoms with E-state index in [1.165, 1.54) is 30.9 Å². The summed E-state index contributed by atoms with van der Waals surface area (Å²) in [6.45, 7) is 0.160. The zero-order chi connectivity index (χ0) is 13.9. The molecule has 1 aromatic carbocycles. The Kier molecular flexibility index (Phi) is 3.90. The molecule has 0 fully saturated rings. The lowest BCUT2D eigenvalue weighted by Crippen LogP contribution is -2.11. The minimum Gasteiger partial charge on any atom is -0.379 e. The molecule has 2 aromatic rings. The molecule has 0 radical (unpaired) electrons. The number of para-hydroxylation sites is 1. The molecule has 0 unspecified atom stereocenters. The van der Waals surface area contributed by atoms with Crippen molar-refractivity contribution in [1.29, 1.82) is 0 Å². The van der Waals surface area contributed by atoms with Crippen molar-refractivity contribution in [3.8, 4) is 0 Å². The van der Waals surface area contributed by atoms with Crippen molar-refractivity contribution in [3.05, 3.63) is 53.1 Å². The lowest BCUT2D eigenvalue weighted by Gasteiger charge is -2.15. The highest BCUT2D eigenvalue weighted by atomic mass is 35.5. The minimum atomic E-state index is -4.46. The van der Waals surface area contributed by atoms with Crippen LogP contribution in [0, 0.1) is 0 Å². The Morgan fingerprint density at radius 2 is 1.84 bits per heavy atom. The molecule has 0 saturated heterocycles. The molecule has 0 saturated carbocycles. The predicted octanol–water partition coefficient (Wildman–Crippen LogP) is 3.76. The van der Waals surface area contributed by atoms with E-state index in [-0.39, 0.29) is 17.3 Å². The Morgan fingerprint density at radius 1 is 1.16 bits per heavy atom. The molecule has 2 rings (SSSR count). The third kappa shape index (κ3) is 3.35. The summed E-state index contributed by atoms with van der Waals surface area (Å²) in [5.41, 5.74) is -0.270. The topological polar surface area (TPSA) is 37.8 Å². The molecule has 1 aromatic heterocycles. The maximum atomic E-state index is 12.8. The molecule has 0 aliphatic carbocycles. The standard InChI is InChI=1S/C12H9ClF3N3/c13-10-3-1-2-9(12(14,15)16)11(10)19-6-8-4-17-7-18-5-8/h1-5,7,19H,6H2. The summed E-state index contributed by atoms with van der Waals surface area (Å²) in [6.07, 6.45) is -0.0746. The van der Waals surface area contributed by atoms with Crippen LogP contribution < -0.4 is 5.32 Å². The van der Waals surface area contributed by atoms with Gasteiger partial charge >= 0.3 is 6.18 Å². The number of nitrogens with one attached hydrogen (secondary N) is 1. The number of hydrogen-bond acceptors (Lipinski definition) is 3. The van der Waals surface area contributed by atoms with Crippen molar-refractivity contribution in [2.24, 2.45) is 0 Å². The van der Waals surface area contributed by atoms with E-state index in [0.717, 1.165) is 6.07 Å². The van der Waals surface area contributed by atoms with Crippen molar-refractivity contribution in [2.75, 3.05) is 5.32 Å². The highest BCUT2D eigenvalue weighted by Gasteiger charge is 2.34. The molecule has 0 aliphatic heterocycles. The second-order valence-electron chi connectivity index (χ2n) is 3.76. The van der Waals surface area contributed by atoms with Gasteiger partial charge in [-0.25, -0.2) is 9.97 Å². The van der Waals surface area contributed by atoms with Gasteiger partial charge in [0.25, 0.3) is 0 Å². The van der Waals surface area contributed by atoms with Crippen LogP contribution in [-0.2, 0) is 12.7 Å². The Bertz CT molecular complexity index is 558. The summed E-state index contributed by atoms with van der Waals surface area (Å²) in [7, 11) is 0. The van der Waals surface area contributed by atoms with E-state index in [0.29, 0.717) is 5.56 Å². The monoisotopic (exact) mass is 287 g/mol. The molecule has 19 heavy (non-hydrogen) atoms. The number of hydrogen-bond donors (Lipinski definition) is 1. The largest absolute Gasteiger partial charge is 0.418 e. The normalized spacial score (nSPS) is 11.4. The van der Waals surface area contributed by atoms with E-state index in [4.69, 9.17) is 11.6 Å². The van der Waals surface area contributed by atoms with Gasteiger partial charge in [-0.3, -0.25) is 0 Å². The summed E-state index contributed by atoms with van der Waals surface area (Å²) in [5, 5.41) is 2.69. The van der Waals surface area contributed by atoms with E-state index in [1.54, 1.807) is 0 Å². The molecule has 3 nitrogen and oxygen atoms in total. The maximum Gasteiger partial charge on any atom is 0.418 e. The van der Waals surface area contributed by atoms with Crippen molar-refractivity contribution in [3.63, 3.8) is 0 Å². The predicted molar refractivity (Wildman–Crippen MR) is 65.8 cm³/mol. The first-order chi connectivity index (χ1) is 8.98. The Hall–Kier alpha value is -1.82. The fourth-order valence-corrected chi connectivity index (χ4v) is 1.79. The van der Waals surface area contributed by atoms with Crippen molar-refractivity contribution in [2.45, 2.75) is 12.7 Å². The fraction of sp³-hybridized carbons (Fsp3) is 0.167. The van der Waals surface area contributed by atoms with Crippen LogP contribution in [0.1, 0.15) is 11.1 Å². The molecule has 100 valence electrons. The van der Waals surface area contributed by atoms with Crippen LogP contribution in [0.4, 0.5) is 18.9 Å². The van der Waals surface area contributed by atoms with Crippen molar-refractivity contribution < 1.29 is 13.2 Å². The van der Waals surface area contributed by atoms with Crippen LogP contribution in [-0.4, -0.2) is 9.97 Å². The van der Waals surface area contributed by atoms with Gasteiger partial charge in [0.2, 0.25) is 0 Å². The second-order valence-corrected chi connectivity index (χ2v) is 4.17. The number of aromatic nitrogens is 2.